The van der Waals surface area contributed by atoms with E-state index in [-0.39, 0.29) is 23.9 Å². The summed E-state index contributed by atoms with van der Waals surface area (Å²) in [7, 11) is 0. The molecule has 3 rings (SSSR count). The Morgan fingerprint density at radius 2 is 1.82 bits per heavy atom. The third kappa shape index (κ3) is 4.21. The number of esters is 1. The van der Waals surface area contributed by atoms with E-state index < -0.39 is 16.6 Å². The lowest BCUT2D eigenvalue weighted by molar-refractivity contribution is -0.385. The van der Waals surface area contributed by atoms with Crippen LogP contribution in [0.4, 0.5) is 17.2 Å². The molecule has 0 fully saturated rings. The Kier molecular flexibility index (Phi) is 5.75. The molecule has 0 aliphatic carbocycles. The smallest absolute Gasteiger partial charge is 0.373 e. The van der Waals surface area contributed by atoms with Crippen molar-refractivity contribution in [1.29, 1.82) is 0 Å². The number of nitrogens with one attached hydrogen (secondary N) is 1. The number of rotatable bonds is 7. The highest BCUT2D eigenvalue weighted by Gasteiger charge is 2.26. The molecule has 0 unspecified atom stereocenters. The predicted octanol–water partition coefficient (Wildman–Crippen LogP) is 4.10. The van der Waals surface area contributed by atoms with Crippen molar-refractivity contribution in [2.24, 2.45) is 0 Å². The zero-order valence-electron chi connectivity index (χ0n) is 14.9. The predicted molar refractivity (Wildman–Crippen MR) is 101 cm³/mol. The minimum absolute atomic E-state index is 0.109. The van der Waals surface area contributed by atoms with E-state index in [0.717, 1.165) is 6.33 Å². The minimum Gasteiger partial charge on any atom is -0.462 e. The number of hydrogen-bond acceptors (Lipinski definition) is 8. The maximum Gasteiger partial charge on any atom is 0.373 e. The quantitative estimate of drug-likeness (QED) is 0.370. The SMILES string of the molecule is CCOC(=O)c1ccccc1Nc1ncnc(Oc2ccccc2)c1[N+](=O)[O-]. The Morgan fingerprint density at radius 3 is 2.54 bits per heavy atom. The first-order valence-electron chi connectivity index (χ1n) is 8.35. The van der Waals surface area contributed by atoms with Gasteiger partial charge in [0.05, 0.1) is 22.8 Å². The number of benzene rings is 2. The van der Waals surface area contributed by atoms with Crippen LogP contribution in [0, 0.1) is 10.1 Å². The maximum atomic E-state index is 12.1. The Hall–Kier alpha value is -4.01. The highest BCUT2D eigenvalue weighted by Crippen LogP contribution is 2.35. The van der Waals surface area contributed by atoms with Gasteiger partial charge < -0.3 is 14.8 Å². The molecule has 1 heterocycles. The van der Waals surface area contributed by atoms with Crippen LogP contribution in [0.5, 0.6) is 11.6 Å². The summed E-state index contributed by atoms with van der Waals surface area (Å²) in [4.78, 5) is 31.0. The van der Waals surface area contributed by atoms with Crippen LogP contribution in [0.3, 0.4) is 0 Å². The van der Waals surface area contributed by atoms with Crippen molar-refractivity contribution >= 4 is 23.2 Å². The molecule has 0 aliphatic heterocycles. The van der Waals surface area contributed by atoms with E-state index in [1.165, 1.54) is 0 Å². The number of hydrogen-bond donors (Lipinski definition) is 1. The summed E-state index contributed by atoms with van der Waals surface area (Å²) in [5, 5.41) is 14.5. The van der Waals surface area contributed by atoms with E-state index in [1.807, 2.05) is 0 Å². The fourth-order valence-corrected chi connectivity index (χ4v) is 2.40. The second kappa shape index (κ2) is 8.58. The molecule has 0 aliphatic rings. The number of aromatic nitrogens is 2. The first kappa shape index (κ1) is 18.8. The van der Waals surface area contributed by atoms with Crippen molar-refractivity contribution in [3.05, 3.63) is 76.6 Å². The van der Waals surface area contributed by atoms with Crippen LogP contribution in [0.1, 0.15) is 17.3 Å². The summed E-state index contributed by atoms with van der Waals surface area (Å²) < 4.78 is 10.6. The highest BCUT2D eigenvalue weighted by molar-refractivity contribution is 5.96. The first-order chi connectivity index (χ1) is 13.6. The van der Waals surface area contributed by atoms with Crippen molar-refractivity contribution < 1.29 is 19.2 Å². The van der Waals surface area contributed by atoms with Gasteiger partial charge in [-0.25, -0.2) is 9.78 Å². The van der Waals surface area contributed by atoms with E-state index in [2.05, 4.69) is 15.3 Å². The summed E-state index contributed by atoms with van der Waals surface area (Å²) in [6, 6.07) is 15.0. The Labute approximate surface area is 160 Å². The lowest BCUT2D eigenvalue weighted by atomic mass is 10.2. The average Bonchev–Trinajstić information content (AvgIpc) is 2.69. The van der Waals surface area contributed by atoms with Crippen LogP contribution in [0.25, 0.3) is 0 Å². The van der Waals surface area contributed by atoms with Crippen LogP contribution in [0.2, 0.25) is 0 Å². The van der Waals surface area contributed by atoms with Gasteiger partial charge in [-0.05, 0) is 31.2 Å². The molecule has 1 aromatic heterocycles. The molecule has 142 valence electrons. The first-order valence-corrected chi connectivity index (χ1v) is 8.35. The minimum atomic E-state index is -0.645. The molecule has 0 atom stereocenters. The molecule has 0 saturated carbocycles. The van der Waals surface area contributed by atoms with Gasteiger partial charge >= 0.3 is 17.5 Å². The Morgan fingerprint density at radius 1 is 1.11 bits per heavy atom. The van der Waals surface area contributed by atoms with Gasteiger partial charge in [-0.1, -0.05) is 30.3 Å². The fraction of sp³-hybridized carbons (Fsp3) is 0.105. The van der Waals surface area contributed by atoms with E-state index in [0.29, 0.717) is 11.4 Å². The molecular weight excluding hydrogens is 364 g/mol. The number of carbonyl (C=O) groups excluding carboxylic acids is 1. The van der Waals surface area contributed by atoms with Gasteiger partial charge in [-0.2, -0.15) is 4.98 Å². The number of ether oxygens (including phenoxy) is 2. The lowest BCUT2D eigenvalue weighted by Crippen LogP contribution is -2.09. The molecule has 2 aromatic carbocycles. The third-order valence-corrected chi connectivity index (χ3v) is 3.60. The van der Waals surface area contributed by atoms with Gasteiger partial charge in [-0.3, -0.25) is 10.1 Å². The molecule has 0 radical (unpaired) electrons. The van der Waals surface area contributed by atoms with Gasteiger partial charge in [-0.15, -0.1) is 0 Å². The van der Waals surface area contributed by atoms with Crippen LogP contribution in [-0.4, -0.2) is 27.5 Å². The summed E-state index contributed by atoms with van der Waals surface area (Å²) in [5.74, 6) is -0.491. The molecule has 3 aromatic rings. The maximum absolute atomic E-state index is 12.1. The van der Waals surface area contributed by atoms with Gasteiger partial charge in [0.2, 0.25) is 5.82 Å². The Balaban J connectivity index is 1.98. The standard InChI is InChI=1S/C19H16N4O5/c1-2-27-19(24)14-10-6-7-11-15(14)22-17-16(23(25)26)18(21-12-20-17)28-13-8-4-3-5-9-13/h3-12H,2H2,1H3,(H,20,21,22). The molecule has 1 N–H and O–H groups in total. The van der Waals surface area contributed by atoms with Gasteiger partial charge in [0, 0.05) is 0 Å². The van der Waals surface area contributed by atoms with Crippen molar-refractivity contribution in [2.75, 3.05) is 11.9 Å². The Bertz CT molecular complexity index is 995. The lowest BCUT2D eigenvalue weighted by Gasteiger charge is -2.12. The van der Waals surface area contributed by atoms with Crippen LogP contribution >= 0.6 is 0 Å². The van der Waals surface area contributed by atoms with E-state index in [4.69, 9.17) is 9.47 Å². The average molecular weight is 380 g/mol. The molecule has 0 bridgehead atoms. The third-order valence-electron chi connectivity index (χ3n) is 3.60. The van der Waals surface area contributed by atoms with Crippen LogP contribution in [-0.2, 0) is 4.74 Å². The summed E-state index contributed by atoms with van der Waals surface area (Å²) >= 11 is 0. The molecular formula is C19H16N4O5. The van der Waals surface area contributed by atoms with Crippen LogP contribution < -0.4 is 10.1 Å². The number of nitro groups is 1. The van der Waals surface area contributed by atoms with Crippen molar-refractivity contribution in [3.8, 4) is 11.6 Å². The zero-order chi connectivity index (χ0) is 19.9. The van der Waals surface area contributed by atoms with Gasteiger partial charge in [0.15, 0.2) is 0 Å². The number of anilines is 2. The topological polar surface area (TPSA) is 116 Å². The molecule has 0 amide bonds. The van der Waals surface area contributed by atoms with Crippen LogP contribution in [0.15, 0.2) is 60.9 Å². The van der Waals surface area contributed by atoms with Crippen molar-refractivity contribution in [3.63, 3.8) is 0 Å². The normalized spacial score (nSPS) is 10.2. The molecule has 9 nitrogen and oxygen atoms in total. The van der Waals surface area contributed by atoms with E-state index in [9.17, 15) is 14.9 Å². The number of nitrogens with zero attached hydrogens (tertiary/aromatic N) is 3. The number of para-hydroxylation sites is 2. The summed E-state index contributed by atoms with van der Waals surface area (Å²) in [5.41, 5.74) is 0.0845. The molecule has 28 heavy (non-hydrogen) atoms. The fourth-order valence-electron chi connectivity index (χ4n) is 2.40. The van der Waals surface area contributed by atoms with Gasteiger partial charge in [0.25, 0.3) is 0 Å². The summed E-state index contributed by atoms with van der Waals surface area (Å²) in [6.07, 6.45) is 1.14. The number of carbonyl (C=O) groups is 1. The second-order valence-electron chi connectivity index (χ2n) is 5.44. The van der Waals surface area contributed by atoms with E-state index >= 15 is 0 Å². The monoisotopic (exact) mass is 380 g/mol. The largest absolute Gasteiger partial charge is 0.462 e. The summed E-state index contributed by atoms with van der Waals surface area (Å²) in [6.45, 7) is 1.90. The second-order valence-corrected chi connectivity index (χ2v) is 5.44. The zero-order valence-corrected chi connectivity index (χ0v) is 14.9. The molecule has 0 saturated heterocycles. The highest BCUT2D eigenvalue weighted by atomic mass is 16.6. The molecule has 9 heteroatoms. The molecule has 0 spiro atoms. The van der Waals surface area contributed by atoms with Crippen molar-refractivity contribution in [1.82, 2.24) is 9.97 Å². The van der Waals surface area contributed by atoms with Crippen molar-refractivity contribution in [2.45, 2.75) is 6.92 Å². The van der Waals surface area contributed by atoms with Gasteiger partial charge in [0.1, 0.15) is 12.1 Å². The van der Waals surface area contributed by atoms with E-state index in [1.54, 1.807) is 61.5 Å².